The van der Waals surface area contributed by atoms with Gasteiger partial charge in [-0.2, -0.15) is 0 Å². The van der Waals surface area contributed by atoms with E-state index in [-0.39, 0.29) is 29.0 Å². The van der Waals surface area contributed by atoms with Crippen molar-refractivity contribution in [3.8, 4) is 11.3 Å². The number of amides is 1. The van der Waals surface area contributed by atoms with Gasteiger partial charge in [0.2, 0.25) is 11.9 Å². The van der Waals surface area contributed by atoms with Gasteiger partial charge in [-0.25, -0.2) is 14.4 Å². The van der Waals surface area contributed by atoms with Gasteiger partial charge in [0.05, 0.1) is 11.1 Å². The number of aromatic nitrogens is 2. The molecule has 1 saturated carbocycles. The Labute approximate surface area is 145 Å². The summed E-state index contributed by atoms with van der Waals surface area (Å²) in [5, 5.41) is 2.97. The number of hydrogen-bond acceptors (Lipinski definition) is 4. The fraction of sp³-hybridized carbons (Fsp3) is 0.421. The zero-order chi connectivity index (χ0) is 17.4. The predicted octanol–water partition coefficient (Wildman–Crippen LogP) is 3.03. The van der Waals surface area contributed by atoms with Crippen LogP contribution in [0.15, 0.2) is 30.3 Å². The molecule has 130 valence electrons. The maximum atomic E-state index is 13.2. The van der Waals surface area contributed by atoms with E-state index in [2.05, 4.69) is 15.3 Å². The summed E-state index contributed by atoms with van der Waals surface area (Å²) in [7, 11) is 0. The summed E-state index contributed by atoms with van der Waals surface area (Å²) >= 11 is 0. The van der Waals surface area contributed by atoms with Gasteiger partial charge < -0.3 is 11.1 Å². The number of nitrogen functional groups attached to an aromatic ring is 1. The summed E-state index contributed by atoms with van der Waals surface area (Å²) in [6, 6.07) is 8.12. The number of nitrogens with zero attached hydrogens (tertiary/aromatic N) is 2. The Kier molecular flexibility index (Phi) is 3.90. The van der Waals surface area contributed by atoms with Crippen LogP contribution in [0.2, 0.25) is 0 Å². The van der Waals surface area contributed by atoms with Crippen molar-refractivity contribution in [2.75, 3.05) is 12.3 Å². The summed E-state index contributed by atoms with van der Waals surface area (Å²) in [4.78, 5) is 21.0. The molecular formula is C19H21FN4O. The highest BCUT2D eigenvalue weighted by atomic mass is 19.1. The number of nitrogens with two attached hydrogens (primary N) is 1. The van der Waals surface area contributed by atoms with Gasteiger partial charge in [0.25, 0.3) is 0 Å². The maximum absolute atomic E-state index is 13.2. The number of hydrogen-bond donors (Lipinski definition) is 2. The second-order valence-corrected chi connectivity index (χ2v) is 7.12. The van der Waals surface area contributed by atoms with Crippen LogP contribution in [-0.2, 0) is 4.79 Å². The average molecular weight is 340 g/mol. The van der Waals surface area contributed by atoms with Gasteiger partial charge >= 0.3 is 0 Å². The van der Waals surface area contributed by atoms with Crippen LogP contribution < -0.4 is 11.1 Å². The number of benzene rings is 1. The number of carbonyl (C=O) groups excluding carboxylic acids is 1. The van der Waals surface area contributed by atoms with Crippen molar-refractivity contribution in [2.24, 2.45) is 5.41 Å². The van der Waals surface area contributed by atoms with E-state index in [1.165, 1.54) is 12.1 Å². The van der Waals surface area contributed by atoms with Crippen molar-refractivity contribution >= 4 is 11.9 Å². The Hall–Kier alpha value is -2.50. The van der Waals surface area contributed by atoms with Gasteiger partial charge in [-0.05, 0) is 56.0 Å². The van der Waals surface area contributed by atoms with Crippen LogP contribution in [0.4, 0.5) is 10.3 Å². The molecule has 0 radical (unpaired) electrons. The molecule has 0 bridgehead atoms. The molecule has 25 heavy (non-hydrogen) atoms. The average Bonchev–Trinajstić information content (AvgIpc) is 2.95. The smallest absolute Gasteiger partial charge is 0.226 e. The highest BCUT2D eigenvalue weighted by molar-refractivity contribution is 5.84. The first kappa shape index (κ1) is 16.0. The van der Waals surface area contributed by atoms with Gasteiger partial charge in [-0.1, -0.05) is 6.42 Å². The molecule has 4 rings (SSSR count). The monoisotopic (exact) mass is 340 g/mol. The molecule has 1 spiro atoms. The van der Waals surface area contributed by atoms with E-state index in [0.717, 1.165) is 49.9 Å². The molecular weight excluding hydrogens is 319 g/mol. The van der Waals surface area contributed by atoms with Crippen LogP contribution in [-0.4, -0.2) is 22.4 Å². The summed E-state index contributed by atoms with van der Waals surface area (Å²) < 4.78 is 13.2. The summed E-state index contributed by atoms with van der Waals surface area (Å²) in [5.74, 6) is 0.305. The first-order valence-electron chi connectivity index (χ1n) is 8.74. The van der Waals surface area contributed by atoms with Gasteiger partial charge in [0.15, 0.2) is 0 Å². The molecule has 2 aromatic rings. The molecule has 1 amide bonds. The zero-order valence-electron chi connectivity index (χ0n) is 14.0. The van der Waals surface area contributed by atoms with E-state index >= 15 is 0 Å². The second-order valence-electron chi connectivity index (χ2n) is 7.12. The Balaban J connectivity index is 1.66. The molecule has 1 aliphatic carbocycles. The minimum Gasteiger partial charge on any atom is -0.368 e. The molecule has 2 unspecified atom stereocenters. The lowest BCUT2D eigenvalue weighted by Crippen LogP contribution is -2.35. The van der Waals surface area contributed by atoms with Gasteiger partial charge in [-0.3, -0.25) is 4.79 Å². The summed E-state index contributed by atoms with van der Waals surface area (Å²) in [5.41, 5.74) is 8.06. The molecule has 1 saturated heterocycles. The van der Waals surface area contributed by atoms with E-state index < -0.39 is 0 Å². The number of rotatable bonds is 2. The lowest BCUT2D eigenvalue weighted by molar-refractivity contribution is -0.129. The van der Waals surface area contributed by atoms with Gasteiger partial charge in [0.1, 0.15) is 5.82 Å². The van der Waals surface area contributed by atoms with E-state index in [4.69, 9.17) is 5.73 Å². The maximum Gasteiger partial charge on any atom is 0.226 e. The number of halogens is 1. The minimum absolute atomic E-state index is 0.179. The van der Waals surface area contributed by atoms with Crippen molar-refractivity contribution < 1.29 is 9.18 Å². The summed E-state index contributed by atoms with van der Waals surface area (Å²) in [6.07, 6.45) is 4.65. The van der Waals surface area contributed by atoms with Crippen LogP contribution in [0.1, 0.15) is 43.7 Å². The van der Waals surface area contributed by atoms with E-state index in [1.807, 2.05) is 6.07 Å². The molecule has 2 aliphatic rings. The standard InChI is InChI=1S/C19H21FN4O/c20-14-5-3-12(4-6-14)15-10-16(24-18(21)23-15)13-2-1-7-19(11-13)8-9-22-17(19)25/h3-6,10,13H,1-2,7-9,11H2,(H,22,25)(H2,21,23,24). The van der Waals surface area contributed by atoms with Crippen molar-refractivity contribution in [3.63, 3.8) is 0 Å². The van der Waals surface area contributed by atoms with Crippen LogP contribution in [0, 0.1) is 11.2 Å². The Morgan fingerprint density at radius 2 is 2.00 bits per heavy atom. The lowest BCUT2D eigenvalue weighted by atomic mass is 9.68. The lowest BCUT2D eigenvalue weighted by Gasteiger charge is -2.35. The van der Waals surface area contributed by atoms with Crippen molar-refractivity contribution in [1.29, 1.82) is 0 Å². The third-order valence-electron chi connectivity index (χ3n) is 5.54. The molecule has 1 aromatic carbocycles. The number of carbonyl (C=O) groups is 1. The zero-order valence-corrected chi connectivity index (χ0v) is 14.0. The predicted molar refractivity (Wildman–Crippen MR) is 93.1 cm³/mol. The van der Waals surface area contributed by atoms with Crippen LogP contribution in [0.5, 0.6) is 0 Å². The molecule has 2 atom stereocenters. The van der Waals surface area contributed by atoms with Crippen molar-refractivity contribution in [3.05, 3.63) is 41.8 Å². The van der Waals surface area contributed by atoms with E-state index in [0.29, 0.717) is 5.69 Å². The van der Waals surface area contributed by atoms with Crippen LogP contribution in [0.25, 0.3) is 11.3 Å². The van der Waals surface area contributed by atoms with Gasteiger partial charge in [0, 0.05) is 23.7 Å². The Morgan fingerprint density at radius 1 is 1.20 bits per heavy atom. The first-order chi connectivity index (χ1) is 12.1. The molecule has 2 fully saturated rings. The quantitative estimate of drug-likeness (QED) is 0.880. The normalized spacial score (nSPS) is 26.0. The fourth-order valence-corrected chi connectivity index (χ4v) is 4.23. The second kappa shape index (κ2) is 6.10. The third kappa shape index (κ3) is 2.97. The Morgan fingerprint density at radius 3 is 2.72 bits per heavy atom. The fourth-order valence-electron chi connectivity index (χ4n) is 4.23. The van der Waals surface area contributed by atoms with Crippen LogP contribution >= 0.6 is 0 Å². The Bertz CT molecular complexity index is 808. The molecule has 6 heteroatoms. The molecule has 3 N–H and O–H groups in total. The van der Waals surface area contributed by atoms with Gasteiger partial charge in [-0.15, -0.1) is 0 Å². The van der Waals surface area contributed by atoms with E-state index in [1.54, 1.807) is 12.1 Å². The first-order valence-corrected chi connectivity index (χ1v) is 8.74. The highest BCUT2D eigenvalue weighted by Crippen LogP contribution is 2.47. The van der Waals surface area contributed by atoms with E-state index in [9.17, 15) is 9.18 Å². The molecule has 1 aliphatic heterocycles. The SMILES string of the molecule is Nc1nc(-c2ccc(F)cc2)cc(C2CCCC3(CCNC3=O)C2)n1. The molecule has 2 heterocycles. The third-order valence-corrected chi connectivity index (χ3v) is 5.54. The minimum atomic E-state index is -0.285. The number of anilines is 1. The van der Waals surface area contributed by atoms with Crippen LogP contribution in [0.3, 0.4) is 0 Å². The molecule has 5 nitrogen and oxygen atoms in total. The molecule has 1 aromatic heterocycles. The number of nitrogens with one attached hydrogen (secondary N) is 1. The summed E-state index contributed by atoms with van der Waals surface area (Å²) in [6.45, 7) is 0.762. The van der Waals surface area contributed by atoms with Crippen molar-refractivity contribution in [2.45, 2.75) is 38.0 Å². The largest absolute Gasteiger partial charge is 0.368 e. The topological polar surface area (TPSA) is 80.9 Å². The van der Waals surface area contributed by atoms with Crippen molar-refractivity contribution in [1.82, 2.24) is 15.3 Å². The highest BCUT2D eigenvalue weighted by Gasteiger charge is 2.46.